The van der Waals surface area contributed by atoms with Crippen molar-refractivity contribution in [3.8, 4) is 0 Å². The molecule has 0 aliphatic heterocycles. The molecule has 2 N–H and O–H groups in total. The molecule has 1 aliphatic rings. The van der Waals surface area contributed by atoms with Crippen LogP contribution in [0.3, 0.4) is 0 Å². The Morgan fingerprint density at radius 3 is 2.85 bits per heavy atom. The molecule has 0 spiro atoms. The topological polar surface area (TPSA) is 40.7 Å². The zero-order valence-corrected chi connectivity index (χ0v) is 13.4. The van der Waals surface area contributed by atoms with Gasteiger partial charge in [0.05, 0.1) is 6.20 Å². The van der Waals surface area contributed by atoms with E-state index in [1.54, 1.807) is 0 Å². The first-order valence-electron chi connectivity index (χ1n) is 7.10. The van der Waals surface area contributed by atoms with Gasteiger partial charge in [0.2, 0.25) is 0 Å². The van der Waals surface area contributed by atoms with Crippen LogP contribution in [0.2, 0.25) is 0 Å². The number of rotatable bonds is 5. The number of halogens is 1. The van der Waals surface area contributed by atoms with E-state index in [1.807, 2.05) is 17.5 Å². The molecule has 20 heavy (non-hydrogen) atoms. The Kier molecular flexibility index (Phi) is 5.64. The van der Waals surface area contributed by atoms with E-state index in [-0.39, 0.29) is 12.4 Å². The molecule has 3 nitrogen and oxygen atoms in total. The molecular formula is C15H22ClN3S. The Bertz CT molecular complexity index is 503. The van der Waals surface area contributed by atoms with Crippen LogP contribution in [-0.4, -0.2) is 10.2 Å². The van der Waals surface area contributed by atoms with Crippen molar-refractivity contribution in [1.82, 2.24) is 15.5 Å². The molecular weight excluding hydrogens is 290 g/mol. The number of aromatic amines is 1. The average molecular weight is 312 g/mol. The quantitative estimate of drug-likeness (QED) is 0.868. The summed E-state index contributed by atoms with van der Waals surface area (Å²) in [5.41, 5.74) is 2.45. The highest BCUT2D eigenvalue weighted by Gasteiger charge is 2.26. The molecule has 1 atom stereocenters. The summed E-state index contributed by atoms with van der Waals surface area (Å²) in [5, 5.41) is 13.0. The summed E-state index contributed by atoms with van der Waals surface area (Å²) in [5.74, 6) is 0.797. The lowest BCUT2D eigenvalue weighted by atomic mass is 9.96. The van der Waals surface area contributed by atoms with Crippen LogP contribution in [0, 0.1) is 12.8 Å². The van der Waals surface area contributed by atoms with Crippen molar-refractivity contribution >= 4 is 23.7 Å². The van der Waals surface area contributed by atoms with Crippen molar-refractivity contribution in [3.63, 3.8) is 0 Å². The predicted octanol–water partition coefficient (Wildman–Crippen LogP) is 4.22. The first kappa shape index (κ1) is 15.5. The lowest BCUT2D eigenvalue weighted by Gasteiger charge is -2.23. The fourth-order valence-electron chi connectivity index (χ4n) is 3.03. The monoisotopic (exact) mass is 311 g/mol. The van der Waals surface area contributed by atoms with Crippen molar-refractivity contribution in [2.24, 2.45) is 5.92 Å². The molecule has 2 aromatic heterocycles. The Morgan fingerprint density at radius 1 is 1.45 bits per heavy atom. The smallest absolute Gasteiger partial charge is 0.0535 e. The average Bonchev–Trinajstić information content (AvgIpc) is 3.13. The van der Waals surface area contributed by atoms with Gasteiger partial charge in [-0.15, -0.1) is 23.7 Å². The number of H-pyrrole nitrogens is 1. The lowest BCUT2D eigenvalue weighted by molar-refractivity contribution is 0.370. The predicted molar refractivity (Wildman–Crippen MR) is 86.4 cm³/mol. The van der Waals surface area contributed by atoms with Gasteiger partial charge in [0, 0.05) is 28.7 Å². The van der Waals surface area contributed by atoms with Gasteiger partial charge < -0.3 is 5.32 Å². The Balaban J connectivity index is 0.00000147. The number of nitrogens with one attached hydrogen (secondary N) is 2. The third kappa shape index (κ3) is 3.43. The number of nitrogens with zero attached hydrogens (tertiary/aromatic N) is 1. The molecule has 3 rings (SSSR count). The Labute approximate surface area is 130 Å². The van der Waals surface area contributed by atoms with Crippen molar-refractivity contribution < 1.29 is 0 Å². The molecule has 1 fully saturated rings. The maximum absolute atomic E-state index is 4.10. The van der Waals surface area contributed by atoms with Gasteiger partial charge in [-0.05, 0) is 37.1 Å². The van der Waals surface area contributed by atoms with Gasteiger partial charge >= 0.3 is 0 Å². The van der Waals surface area contributed by atoms with Gasteiger partial charge in [0.15, 0.2) is 0 Å². The highest BCUT2D eigenvalue weighted by atomic mass is 35.5. The van der Waals surface area contributed by atoms with Gasteiger partial charge in [-0.2, -0.15) is 5.10 Å². The maximum Gasteiger partial charge on any atom is 0.0535 e. The summed E-state index contributed by atoms with van der Waals surface area (Å²) in [6, 6.07) is 4.94. The van der Waals surface area contributed by atoms with E-state index in [9.17, 15) is 0 Å². The second-order valence-corrected chi connectivity index (χ2v) is 6.42. The van der Waals surface area contributed by atoms with E-state index >= 15 is 0 Å². The second-order valence-electron chi connectivity index (χ2n) is 5.44. The van der Waals surface area contributed by atoms with Crippen LogP contribution in [-0.2, 0) is 6.54 Å². The zero-order valence-electron chi connectivity index (χ0n) is 11.8. The third-order valence-electron chi connectivity index (χ3n) is 4.17. The van der Waals surface area contributed by atoms with Crippen LogP contribution in [0.1, 0.15) is 47.9 Å². The van der Waals surface area contributed by atoms with E-state index in [4.69, 9.17) is 0 Å². The fraction of sp³-hybridized carbons (Fsp3) is 0.533. The summed E-state index contributed by atoms with van der Waals surface area (Å²) in [4.78, 5) is 1.48. The van der Waals surface area contributed by atoms with Gasteiger partial charge in [-0.1, -0.05) is 18.9 Å². The first-order valence-corrected chi connectivity index (χ1v) is 7.98. The highest BCUT2D eigenvalue weighted by molar-refractivity contribution is 7.10. The van der Waals surface area contributed by atoms with E-state index in [2.05, 4.69) is 40.0 Å². The van der Waals surface area contributed by atoms with Crippen LogP contribution >= 0.6 is 23.7 Å². The van der Waals surface area contributed by atoms with E-state index in [0.29, 0.717) is 6.04 Å². The number of aryl methyl sites for hydroxylation is 1. The molecule has 110 valence electrons. The second kappa shape index (κ2) is 7.25. The molecule has 2 heterocycles. The molecule has 0 radical (unpaired) electrons. The lowest BCUT2D eigenvalue weighted by Crippen LogP contribution is -2.26. The van der Waals surface area contributed by atoms with Crippen molar-refractivity contribution in [1.29, 1.82) is 0 Å². The summed E-state index contributed by atoms with van der Waals surface area (Å²) in [7, 11) is 0. The SMILES string of the molecule is Cc1[nH]ncc1CNC(c1cccs1)C1CCCC1.Cl. The molecule has 1 unspecified atom stereocenters. The summed E-state index contributed by atoms with van der Waals surface area (Å²) >= 11 is 1.87. The Morgan fingerprint density at radius 2 is 2.25 bits per heavy atom. The maximum atomic E-state index is 4.10. The molecule has 2 aromatic rings. The third-order valence-corrected chi connectivity index (χ3v) is 5.12. The Hall–Kier alpha value is -0.840. The molecule has 1 saturated carbocycles. The van der Waals surface area contributed by atoms with E-state index < -0.39 is 0 Å². The summed E-state index contributed by atoms with van der Waals surface area (Å²) < 4.78 is 0. The van der Waals surface area contributed by atoms with Crippen LogP contribution in [0.5, 0.6) is 0 Å². The first-order chi connectivity index (χ1) is 9.34. The summed E-state index contributed by atoms with van der Waals surface area (Å²) in [6.45, 7) is 2.99. The standard InChI is InChI=1S/C15H21N3S.ClH/c1-11-13(10-17-18-11)9-16-15(12-5-2-3-6-12)14-7-4-8-19-14;/h4,7-8,10,12,15-16H,2-3,5-6,9H2,1H3,(H,17,18);1H. The zero-order chi connectivity index (χ0) is 13.1. The van der Waals surface area contributed by atoms with Crippen molar-refractivity contribution in [3.05, 3.63) is 39.8 Å². The number of hydrogen-bond acceptors (Lipinski definition) is 3. The normalized spacial score (nSPS) is 17.1. The van der Waals surface area contributed by atoms with Gasteiger partial charge in [0.25, 0.3) is 0 Å². The number of aromatic nitrogens is 2. The highest BCUT2D eigenvalue weighted by Crippen LogP contribution is 2.37. The summed E-state index contributed by atoms with van der Waals surface area (Å²) in [6.07, 6.45) is 7.43. The molecule has 1 aliphatic carbocycles. The van der Waals surface area contributed by atoms with Crippen LogP contribution < -0.4 is 5.32 Å². The number of thiophene rings is 1. The van der Waals surface area contributed by atoms with Crippen LogP contribution in [0.25, 0.3) is 0 Å². The molecule has 0 amide bonds. The minimum absolute atomic E-state index is 0. The largest absolute Gasteiger partial charge is 0.305 e. The van der Waals surface area contributed by atoms with Crippen LogP contribution in [0.15, 0.2) is 23.7 Å². The van der Waals surface area contributed by atoms with Gasteiger partial charge in [-0.25, -0.2) is 0 Å². The van der Waals surface area contributed by atoms with E-state index in [1.165, 1.54) is 41.8 Å². The van der Waals surface area contributed by atoms with Gasteiger partial charge in [0.1, 0.15) is 0 Å². The molecule has 0 saturated heterocycles. The van der Waals surface area contributed by atoms with Crippen molar-refractivity contribution in [2.75, 3.05) is 0 Å². The van der Waals surface area contributed by atoms with E-state index in [0.717, 1.165) is 12.5 Å². The van der Waals surface area contributed by atoms with Crippen molar-refractivity contribution in [2.45, 2.75) is 45.2 Å². The molecule has 0 bridgehead atoms. The number of hydrogen-bond donors (Lipinski definition) is 2. The minimum atomic E-state index is 0. The molecule has 5 heteroatoms. The van der Waals surface area contributed by atoms with Gasteiger partial charge in [-0.3, -0.25) is 5.10 Å². The minimum Gasteiger partial charge on any atom is -0.305 e. The fourth-order valence-corrected chi connectivity index (χ4v) is 3.93. The molecule has 0 aromatic carbocycles. The van der Waals surface area contributed by atoms with Crippen LogP contribution in [0.4, 0.5) is 0 Å².